The fraction of sp³-hybridized carbons (Fsp3) is 0.455. The van der Waals surface area contributed by atoms with Gasteiger partial charge in [-0.3, -0.25) is 0 Å². The van der Waals surface area contributed by atoms with Gasteiger partial charge in [0.25, 0.3) is 0 Å². The lowest BCUT2D eigenvalue weighted by Crippen LogP contribution is -2.38. The Kier molecular flexibility index (Phi) is 2.34. The third-order valence-electron chi connectivity index (χ3n) is 2.63. The van der Waals surface area contributed by atoms with Gasteiger partial charge in [-0.2, -0.15) is 0 Å². The van der Waals surface area contributed by atoms with Crippen molar-refractivity contribution in [3.63, 3.8) is 0 Å². The Morgan fingerprint density at radius 1 is 1.46 bits per heavy atom. The molecule has 0 amide bonds. The second-order valence-electron chi connectivity index (χ2n) is 3.74. The molecule has 2 heteroatoms. The van der Waals surface area contributed by atoms with E-state index >= 15 is 0 Å². The molecule has 0 fully saturated rings. The molecular weight excluding hydrogens is 162 g/mol. The van der Waals surface area contributed by atoms with Gasteiger partial charge in [-0.15, -0.1) is 0 Å². The third kappa shape index (κ3) is 1.74. The second kappa shape index (κ2) is 3.48. The van der Waals surface area contributed by atoms with Gasteiger partial charge in [-0.25, -0.2) is 0 Å². The molecule has 13 heavy (non-hydrogen) atoms. The smallest absolute Gasteiger partial charge is 0.0587 e. The average molecular weight is 177 g/mol. The molecule has 1 heterocycles. The summed E-state index contributed by atoms with van der Waals surface area (Å²) in [6.07, 6.45) is 0.951. The van der Waals surface area contributed by atoms with E-state index in [1.165, 1.54) is 16.7 Å². The molecule has 1 aromatic carbocycles. The van der Waals surface area contributed by atoms with Crippen LogP contribution in [0.3, 0.4) is 0 Å². The second-order valence-corrected chi connectivity index (χ2v) is 3.74. The van der Waals surface area contributed by atoms with Gasteiger partial charge in [-0.05, 0) is 24.5 Å². The molecule has 1 atom stereocenters. The van der Waals surface area contributed by atoms with Crippen molar-refractivity contribution in [2.75, 3.05) is 6.61 Å². The summed E-state index contributed by atoms with van der Waals surface area (Å²) in [5.41, 5.74) is 4.07. The minimum atomic E-state index is 0.229. The van der Waals surface area contributed by atoms with E-state index in [4.69, 9.17) is 5.11 Å². The number of hydrogen-bond acceptors (Lipinski definition) is 2. The summed E-state index contributed by atoms with van der Waals surface area (Å²) >= 11 is 0. The molecule has 0 bridgehead atoms. The van der Waals surface area contributed by atoms with Crippen molar-refractivity contribution in [2.24, 2.45) is 0 Å². The van der Waals surface area contributed by atoms with E-state index in [2.05, 4.69) is 30.4 Å². The minimum Gasteiger partial charge on any atom is -0.395 e. The van der Waals surface area contributed by atoms with Crippen LogP contribution in [0.25, 0.3) is 0 Å². The fourth-order valence-electron chi connectivity index (χ4n) is 1.84. The molecule has 2 rings (SSSR count). The maximum absolute atomic E-state index is 9.01. The summed E-state index contributed by atoms with van der Waals surface area (Å²) in [5, 5.41) is 12.3. The number of rotatable bonds is 1. The molecule has 2 N–H and O–H groups in total. The van der Waals surface area contributed by atoms with Crippen LogP contribution in [0.2, 0.25) is 0 Å². The van der Waals surface area contributed by atoms with E-state index in [1.807, 2.05) is 0 Å². The summed E-state index contributed by atoms with van der Waals surface area (Å²) < 4.78 is 0. The van der Waals surface area contributed by atoms with Crippen molar-refractivity contribution in [3.8, 4) is 0 Å². The van der Waals surface area contributed by atoms with Crippen LogP contribution in [0.5, 0.6) is 0 Å². The zero-order chi connectivity index (χ0) is 9.26. The highest BCUT2D eigenvalue weighted by molar-refractivity contribution is 5.33. The molecule has 2 nitrogen and oxygen atoms in total. The van der Waals surface area contributed by atoms with E-state index in [1.54, 1.807) is 0 Å². The normalized spacial score (nSPS) is 21.2. The number of aryl methyl sites for hydroxylation is 1. The summed E-state index contributed by atoms with van der Waals surface area (Å²) in [4.78, 5) is 0. The monoisotopic (exact) mass is 177 g/mol. The standard InChI is InChI=1S/C11H15NO/c1-8-2-3-9-5-11(7-13)12-6-10(9)4-8/h2-4,11-13H,5-7H2,1H3/t11-/m1/s1. The van der Waals surface area contributed by atoms with Crippen LogP contribution < -0.4 is 5.32 Å². The van der Waals surface area contributed by atoms with Gasteiger partial charge in [0.15, 0.2) is 0 Å². The van der Waals surface area contributed by atoms with Gasteiger partial charge in [0.2, 0.25) is 0 Å². The zero-order valence-electron chi connectivity index (χ0n) is 7.88. The predicted molar refractivity (Wildman–Crippen MR) is 52.6 cm³/mol. The summed E-state index contributed by atoms with van der Waals surface area (Å²) in [6.45, 7) is 3.23. The molecule has 1 aliphatic rings. The molecule has 70 valence electrons. The highest BCUT2D eigenvalue weighted by atomic mass is 16.3. The van der Waals surface area contributed by atoms with E-state index in [-0.39, 0.29) is 12.6 Å². The maximum Gasteiger partial charge on any atom is 0.0587 e. The first-order valence-corrected chi connectivity index (χ1v) is 4.72. The van der Waals surface area contributed by atoms with Gasteiger partial charge in [0.05, 0.1) is 6.61 Å². The van der Waals surface area contributed by atoms with Crippen LogP contribution in [0.1, 0.15) is 16.7 Å². The van der Waals surface area contributed by atoms with Crippen LogP contribution in [-0.2, 0) is 13.0 Å². The Bertz CT molecular complexity index is 309. The van der Waals surface area contributed by atoms with Crippen LogP contribution in [0.4, 0.5) is 0 Å². The quantitative estimate of drug-likeness (QED) is 0.670. The SMILES string of the molecule is Cc1ccc2c(c1)CN[C@@H](CO)C2. The number of benzene rings is 1. The number of aliphatic hydroxyl groups excluding tert-OH is 1. The zero-order valence-corrected chi connectivity index (χ0v) is 7.88. The Labute approximate surface area is 78.6 Å². The van der Waals surface area contributed by atoms with E-state index in [0.717, 1.165) is 13.0 Å². The molecule has 0 saturated carbocycles. The molecule has 0 aliphatic carbocycles. The van der Waals surface area contributed by atoms with Crippen LogP contribution in [0, 0.1) is 6.92 Å². The largest absolute Gasteiger partial charge is 0.395 e. The summed E-state index contributed by atoms with van der Waals surface area (Å²) in [6, 6.07) is 6.78. The molecule has 0 radical (unpaired) electrons. The highest BCUT2D eigenvalue weighted by Gasteiger charge is 2.16. The summed E-state index contributed by atoms with van der Waals surface area (Å²) in [7, 11) is 0. The van der Waals surface area contributed by atoms with Gasteiger partial charge < -0.3 is 10.4 Å². The minimum absolute atomic E-state index is 0.229. The first kappa shape index (κ1) is 8.73. The van der Waals surface area contributed by atoms with Crippen molar-refractivity contribution in [2.45, 2.75) is 25.9 Å². The van der Waals surface area contributed by atoms with Crippen molar-refractivity contribution in [3.05, 3.63) is 34.9 Å². The molecule has 1 aromatic rings. The van der Waals surface area contributed by atoms with Gasteiger partial charge in [0.1, 0.15) is 0 Å². The van der Waals surface area contributed by atoms with Crippen molar-refractivity contribution < 1.29 is 5.11 Å². The number of hydrogen-bond donors (Lipinski definition) is 2. The number of nitrogens with one attached hydrogen (secondary N) is 1. The molecule has 1 aliphatic heterocycles. The lowest BCUT2D eigenvalue weighted by atomic mass is 9.95. The van der Waals surface area contributed by atoms with E-state index in [0.29, 0.717) is 0 Å². The predicted octanol–water partition coefficient (Wildman–Crippen LogP) is 1.00. The average Bonchev–Trinajstić information content (AvgIpc) is 2.17. The molecular formula is C11H15NO. The van der Waals surface area contributed by atoms with Crippen LogP contribution in [0.15, 0.2) is 18.2 Å². The number of fused-ring (bicyclic) bond motifs is 1. The van der Waals surface area contributed by atoms with E-state index in [9.17, 15) is 0 Å². The summed E-state index contributed by atoms with van der Waals surface area (Å²) in [5.74, 6) is 0. The Morgan fingerprint density at radius 3 is 3.08 bits per heavy atom. The molecule has 0 spiro atoms. The van der Waals surface area contributed by atoms with Gasteiger partial charge in [-0.1, -0.05) is 23.8 Å². The molecule has 0 unspecified atom stereocenters. The Hall–Kier alpha value is -0.860. The highest BCUT2D eigenvalue weighted by Crippen LogP contribution is 2.17. The first-order valence-electron chi connectivity index (χ1n) is 4.72. The Balaban J connectivity index is 2.26. The lowest BCUT2D eigenvalue weighted by molar-refractivity contribution is 0.236. The van der Waals surface area contributed by atoms with Gasteiger partial charge in [0, 0.05) is 12.6 Å². The Morgan fingerprint density at radius 2 is 2.31 bits per heavy atom. The van der Waals surface area contributed by atoms with E-state index < -0.39 is 0 Å². The van der Waals surface area contributed by atoms with Crippen molar-refractivity contribution in [1.29, 1.82) is 0 Å². The molecule has 0 saturated heterocycles. The van der Waals surface area contributed by atoms with Crippen LogP contribution in [-0.4, -0.2) is 17.8 Å². The van der Waals surface area contributed by atoms with Crippen molar-refractivity contribution >= 4 is 0 Å². The van der Waals surface area contributed by atoms with Gasteiger partial charge >= 0.3 is 0 Å². The third-order valence-corrected chi connectivity index (χ3v) is 2.63. The maximum atomic E-state index is 9.01. The molecule has 0 aromatic heterocycles. The fourth-order valence-corrected chi connectivity index (χ4v) is 1.84. The topological polar surface area (TPSA) is 32.3 Å². The number of aliphatic hydroxyl groups is 1. The lowest BCUT2D eigenvalue weighted by Gasteiger charge is -2.24. The first-order chi connectivity index (χ1) is 6.29. The van der Waals surface area contributed by atoms with Crippen molar-refractivity contribution in [1.82, 2.24) is 5.32 Å². The van der Waals surface area contributed by atoms with Crippen LogP contribution >= 0.6 is 0 Å².